The number of imidazole rings is 1. The molecule has 0 aliphatic carbocycles. The Labute approximate surface area is 137 Å². The number of anilines is 1. The van der Waals surface area contributed by atoms with Crippen molar-refractivity contribution in [1.29, 1.82) is 0 Å². The summed E-state index contributed by atoms with van der Waals surface area (Å²) >= 11 is 0. The molecule has 0 unspecified atom stereocenters. The first-order chi connectivity index (χ1) is 11.5. The third-order valence-corrected chi connectivity index (χ3v) is 3.92. The van der Waals surface area contributed by atoms with Crippen molar-refractivity contribution in [3.8, 4) is 0 Å². The molecular formula is C16H16F2N4O2. The highest BCUT2D eigenvalue weighted by atomic mass is 19.1. The first-order valence-electron chi connectivity index (χ1n) is 7.53. The van der Waals surface area contributed by atoms with Crippen molar-refractivity contribution in [1.82, 2.24) is 14.9 Å². The Morgan fingerprint density at radius 1 is 1.38 bits per heavy atom. The number of hydrogen-bond donors (Lipinski definition) is 1. The number of nitrogens with zero attached hydrogens (tertiary/aromatic N) is 3. The Balaban J connectivity index is 1.58. The van der Waals surface area contributed by atoms with Crippen LogP contribution in [0.4, 0.5) is 14.5 Å². The molecule has 1 saturated heterocycles. The van der Waals surface area contributed by atoms with Gasteiger partial charge in [-0.15, -0.1) is 0 Å². The second-order valence-electron chi connectivity index (χ2n) is 5.59. The van der Waals surface area contributed by atoms with Crippen molar-refractivity contribution in [2.45, 2.75) is 13.0 Å². The molecule has 1 aromatic carbocycles. The molecule has 1 atom stereocenters. The van der Waals surface area contributed by atoms with Crippen LogP contribution in [0.15, 0.2) is 36.9 Å². The molecule has 1 N–H and O–H groups in total. The first-order valence-corrected chi connectivity index (χ1v) is 7.53. The third-order valence-electron chi connectivity index (χ3n) is 3.92. The van der Waals surface area contributed by atoms with Crippen molar-refractivity contribution < 1.29 is 18.4 Å². The van der Waals surface area contributed by atoms with E-state index < -0.39 is 17.6 Å². The van der Waals surface area contributed by atoms with E-state index in [0.29, 0.717) is 13.1 Å². The fourth-order valence-corrected chi connectivity index (χ4v) is 2.69. The zero-order valence-corrected chi connectivity index (χ0v) is 12.8. The summed E-state index contributed by atoms with van der Waals surface area (Å²) in [5, 5.41) is 2.76. The maximum atomic E-state index is 13.8. The number of aromatic nitrogens is 2. The summed E-state index contributed by atoms with van der Waals surface area (Å²) in [5.74, 6) is -2.69. The lowest BCUT2D eigenvalue weighted by Gasteiger charge is -2.17. The summed E-state index contributed by atoms with van der Waals surface area (Å²) < 4.78 is 28.6. The number of nitrogens with one attached hydrogen (secondary N) is 1. The Bertz CT molecular complexity index is 749. The van der Waals surface area contributed by atoms with E-state index in [1.54, 1.807) is 18.7 Å². The van der Waals surface area contributed by atoms with Gasteiger partial charge in [-0.2, -0.15) is 0 Å². The molecule has 0 saturated carbocycles. The predicted molar refractivity (Wildman–Crippen MR) is 82.1 cm³/mol. The van der Waals surface area contributed by atoms with E-state index in [4.69, 9.17) is 0 Å². The van der Waals surface area contributed by atoms with E-state index in [1.165, 1.54) is 11.0 Å². The summed E-state index contributed by atoms with van der Waals surface area (Å²) in [4.78, 5) is 29.3. The van der Waals surface area contributed by atoms with Gasteiger partial charge in [-0.1, -0.05) is 0 Å². The lowest BCUT2D eigenvalue weighted by Crippen LogP contribution is -2.34. The minimum Gasteiger partial charge on any atom is -0.354 e. The van der Waals surface area contributed by atoms with Crippen LogP contribution in [0, 0.1) is 17.6 Å². The van der Waals surface area contributed by atoms with Gasteiger partial charge >= 0.3 is 0 Å². The molecule has 0 bridgehead atoms. The molecule has 1 fully saturated rings. The number of amides is 2. The number of halogens is 2. The van der Waals surface area contributed by atoms with Crippen LogP contribution in [0.25, 0.3) is 0 Å². The van der Waals surface area contributed by atoms with Crippen molar-refractivity contribution >= 4 is 17.5 Å². The molecule has 1 aliphatic heterocycles. The van der Waals surface area contributed by atoms with Gasteiger partial charge in [-0.05, 0) is 12.1 Å². The van der Waals surface area contributed by atoms with Crippen LogP contribution >= 0.6 is 0 Å². The van der Waals surface area contributed by atoms with E-state index >= 15 is 0 Å². The largest absolute Gasteiger partial charge is 0.354 e. The number of carbonyl (C=O) groups excluding carboxylic acids is 2. The molecule has 6 nitrogen and oxygen atoms in total. The molecule has 2 heterocycles. The average molecular weight is 334 g/mol. The Morgan fingerprint density at radius 3 is 2.92 bits per heavy atom. The number of hydrogen-bond acceptors (Lipinski definition) is 3. The normalized spacial score (nSPS) is 17.3. The zero-order valence-electron chi connectivity index (χ0n) is 12.8. The van der Waals surface area contributed by atoms with Gasteiger partial charge in [0.2, 0.25) is 11.8 Å². The molecule has 1 aromatic heterocycles. The molecule has 24 heavy (non-hydrogen) atoms. The molecule has 0 spiro atoms. The summed E-state index contributed by atoms with van der Waals surface area (Å²) in [6, 6.07) is 3.02. The fourth-order valence-electron chi connectivity index (χ4n) is 2.69. The van der Waals surface area contributed by atoms with Crippen LogP contribution in [-0.4, -0.2) is 34.5 Å². The summed E-state index contributed by atoms with van der Waals surface area (Å²) in [7, 11) is 0. The molecule has 8 heteroatoms. The second-order valence-corrected chi connectivity index (χ2v) is 5.59. The Morgan fingerprint density at radius 2 is 2.21 bits per heavy atom. The molecule has 2 aromatic rings. The molecule has 0 radical (unpaired) electrons. The van der Waals surface area contributed by atoms with Crippen molar-refractivity contribution in [3.63, 3.8) is 0 Å². The monoisotopic (exact) mass is 334 g/mol. The molecular weight excluding hydrogens is 318 g/mol. The van der Waals surface area contributed by atoms with Crippen LogP contribution in [0.1, 0.15) is 6.42 Å². The minimum absolute atomic E-state index is 0.00452. The number of rotatable bonds is 5. The van der Waals surface area contributed by atoms with E-state index in [2.05, 4.69) is 10.3 Å². The standard InChI is InChI=1S/C16H16F2N4O2/c17-12-1-2-14(13(18)8-12)22-9-11(7-15(22)23)16(24)20-4-6-21-5-3-19-10-21/h1-3,5,8,10-11H,4,6-7,9H2,(H,20,24)/t11-/m1/s1. The van der Waals surface area contributed by atoms with Crippen LogP contribution in [0.3, 0.4) is 0 Å². The van der Waals surface area contributed by atoms with E-state index in [0.717, 1.165) is 12.1 Å². The van der Waals surface area contributed by atoms with Gasteiger partial charge in [0.25, 0.3) is 0 Å². The minimum atomic E-state index is -0.815. The van der Waals surface area contributed by atoms with Crippen molar-refractivity contribution in [2.75, 3.05) is 18.0 Å². The fraction of sp³-hybridized carbons (Fsp3) is 0.312. The van der Waals surface area contributed by atoms with Crippen LogP contribution in [0.2, 0.25) is 0 Å². The van der Waals surface area contributed by atoms with Crippen molar-refractivity contribution in [3.05, 3.63) is 48.6 Å². The van der Waals surface area contributed by atoms with Gasteiger partial charge in [0, 0.05) is 44.5 Å². The Hall–Kier alpha value is -2.77. The average Bonchev–Trinajstić information content (AvgIpc) is 3.17. The topological polar surface area (TPSA) is 67.2 Å². The zero-order chi connectivity index (χ0) is 17.1. The van der Waals surface area contributed by atoms with Crippen LogP contribution in [0.5, 0.6) is 0 Å². The van der Waals surface area contributed by atoms with E-state index in [-0.39, 0.29) is 30.5 Å². The SMILES string of the molecule is O=C(NCCn1ccnc1)[C@@H]1CC(=O)N(c2ccc(F)cc2F)C1. The summed E-state index contributed by atoms with van der Waals surface area (Å²) in [5.41, 5.74) is -0.00452. The summed E-state index contributed by atoms with van der Waals surface area (Å²) in [6.45, 7) is 1.06. The number of benzene rings is 1. The third kappa shape index (κ3) is 3.42. The quantitative estimate of drug-likeness (QED) is 0.897. The van der Waals surface area contributed by atoms with Crippen LogP contribution in [-0.2, 0) is 16.1 Å². The van der Waals surface area contributed by atoms with Crippen LogP contribution < -0.4 is 10.2 Å². The van der Waals surface area contributed by atoms with Gasteiger partial charge in [-0.25, -0.2) is 13.8 Å². The van der Waals surface area contributed by atoms with Gasteiger partial charge < -0.3 is 14.8 Å². The second kappa shape index (κ2) is 6.77. The van der Waals surface area contributed by atoms with E-state index in [1.807, 2.05) is 4.57 Å². The highest BCUT2D eigenvalue weighted by molar-refractivity contribution is 6.00. The lowest BCUT2D eigenvalue weighted by atomic mass is 10.1. The predicted octanol–water partition coefficient (Wildman–Crippen LogP) is 1.33. The maximum Gasteiger partial charge on any atom is 0.227 e. The number of carbonyl (C=O) groups is 2. The molecule has 1 aliphatic rings. The lowest BCUT2D eigenvalue weighted by molar-refractivity contribution is -0.126. The van der Waals surface area contributed by atoms with Gasteiger partial charge in [0.15, 0.2) is 0 Å². The Kier molecular flexibility index (Phi) is 4.54. The summed E-state index contributed by atoms with van der Waals surface area (Å²) in [6.07, 6.45) is 5.08. The first kappa shape index (κ1) is 16.1. The highest BCUT2D eigenvalue weighted by Crippen LogP contribution is 2.27. The highest BCUT2D eigenvalue weighted by Gasteiger charge is 2.36. The van der Waals surface area contributed by atoms with E-state index in [9.17, 15) is 18.4 Å². The molecule has 2 amide bonds. The van der Waals surface area contributed by atoms with Crippen molar-refractivity contribution in [2.24, 2.45) is 5.92 Å². The van der Waals surface area contributed by atoms with Gasteiger partial charge in [0.05, 0.1) is 17.9 Å². The molecule has 126 valence electrons. The smallest absolute Gasteiger partial charge is 0.227 e. The maximum absolute atomic E-state index is 13.8. The van der Waals surface area contributed by atoms with Gasteiger partial charge in [0.1, 0.15) is 11.6 Å². The van der Waals surface area contributed by atoms with Gasteiger partial charge in [-0.3, -0.25) is 9.59 Å². The molecule has 3 rings (SSSR count).